The number of carbonyl (C=O) groups is 1. The van der Waals surface area contributed by atoms with Crippen LogP contribution in [-0.2, 0) is 4.74 Å². The van der Waals surface area contributed by atoms with Gasteiger partial charge >= 0.3 is 5.97 Å². The molecule has 5 heteroatoms. The van der Waals surface area contributed by atoms with Crippen molar-refractivity contribution in [3.05, 3.63) is 68.7 Å². The van der Waals surface area contributed by atoms with Crippen LogP contribution in [0.25, 0.3) is 0 Å². The zero-order chi connectivity index (χ0) is 17.3. The van der Waals surface area contributed by atoms with Gasteiger partial charge in [0.15, 0.2) is 0 Å². The van der Waals surface area contributed by atoms with E-state index in [0.29, 0.717) is 15.6 Å². The lowest BCUT2D eigenvalue weighted by atomic mass is 9.76. The number of benzene rings is 2. The van der Waals surface area contributed by atoms with Crippen LogP contribution in [0.2, 0.25) is 10.0 Å². The number of ether oxygens (including phenoxy) is 1. The summed E-state index contributed by atoms with van der Waals surface area (Å²) in [5, 5.41) is 4.45. The summed E-state index contributed by atoms with van der Waals surface area (Å²) in [5.41, 5.74) is 4.04. The predicted molar refractivity (Wildman–Crippen MR) is 97.1 cm³/mol. The normalized spacial score (nSPS) is 19.7. The molecule has 1 N–H and O–H groups in total. The second kappa shape index (κ2) is 7.14. The highest BCUT2D eigenvalue weighted by atomic mass is 35.5. The van der Waals surface area contributed by atoms with Gasteiger partial charge in [0.2, 0.25) is 0 Å². The van der Waals surface area contributed by atoms with Crippen LogP contribution >= 0.6 is 23.2 Å². The molecule has 0 aliphatic heterocycles. The predicted octanol–water partition coefficient (Wildman–Crippen LogP) is 4.97. The van der Waals surface area contributed by atoms with E-state index in [0.717, 1.165) is 24.0 Å². The van der Waals surface area contributed by atoms with E-state index < -0.39 is 0 Å². The molecule has 2 atom stereocenters. The number of fused-ring (bicyclic) bond motifs is 1. The quantitative estimate of drug-likeness (QED) is 0.782. The summed E-state index contributed by atoms with van der Waals surface area (Å²) in [6, 6.07) is 11.8. The van der Waals surface area contributed by atoms with Gasteiger partial charge in [-0.15, -0.1) is 0 Å². The van der Waals surface area contributed by atoms with Gasteiger partial charge in [-0.05, 0) is 60.8 Å². The minimum absolute atomic E-state index is 0.184. The molecule has 0 aromatic heterocycles. The monoisotopic (exact) mass is 363 g/mol. The minimum Gasteiger partial charge on any atom is -0.465 e. The maximum atomic E-state index is 11.9. The molecule has 0 fully saturated rings. The molecule has 2 aromatic carbocycles. The van der Waals surface area contributed by atoms with Crippen molar-refractivity contribution in [2.24, 2.45) is 0 Å². The van der Waals surface area contributed by atoms with Crippen molar-refractivity contribution in [1.29, 1.82) is 0 Å². The minimum atomic E-state index is -0.322. The summed E-state index contributed by atoms with van der Waals surface area (Å²) in [6.45, 7) is 0. The van der Waals surface area contributed by atoms with Crippen LogP contribution in [0.15, 0.2) is 36.4 Å². The Kier molecular flexibility index (Phi) is 5.14. The zero-order valence-corrected chi connectivity index (χ0v) is 15.1. The topological polar surface area (TPSA) is 38.3 Å². The van der Waals surface area contributed by atoms with Crippen LogP contribution < -0.4 is 5.32 Å². The Hall–Kier alpha value is -1.55. The molecule has 0 bridgehead atoms. The summed E-state index contributed by atoms with van der Waals surface area (Å²) >= 11 is 12.2. The number of methoxy groups -OCH3 is 1. The van der Waals surface area contributed by atoms with E-state index in [4.69, 9.17) is 27.9 Å². The summed E-state index contributed by atoms with van der Waals surface area (Å²) in [6.07, 6.45) is 1.99. The number of esters is 1. The molecule has 0 saturated carbocycles. The SMILES string of the molecule is CNC1CCC(c2ccc(Cl)c(Cl)c2)c2cc(C(=O)OC)ccc21. The number of halogens is 2. The third kappa shape index (κ3) is 3.16. The molecule has 24 heavy (non-hydrogen) atoms. The number of rotatable bonds is 3. The lowest BCUT2D eigenvalue weighted by molar-refractivity contribution is 0.0600. The van der Waals surface area contributed by atoms with Crippen molar-refractivity contribution in [1.82, 2.24) is 5.32 Å². The van der Waals surface area contributed by atoms with Gasteiger partial charge in [0.05, 0.1) is 22.7 Å². The molecule has 0 amide bonds. The van der Waals surface area contributed by atoms with Gasteiger partial charge in [0.25, 0.3) is 0 Å². The van der Waals surface area contributed by atoms with Gasteiger partial charge in [0.1, 0.15) is 0 Å². The third-order valence-corrected chi connectivity index (χ3v) is 5.44. The smallest absolute Gasteiger partial charge is 0.337 e. The first-order valence-corrected chi connectivity index (χ1v) is 8.65. The van der Waals surface area contributed by atoms with E-state index in [-0.39, 0.29) is 17.9 Å². The lowest BCUT2D eigenvalue weighted by Crippen LogP contribution is -2.24. The molecule has 0 radical (unpaired) electrons. The van der Waals surface area contributed by atoms with E-state index in [1.54, 1.807) is 0 Å². The van der Waals surface area contributed by atoms with E-state index in [1.165, 1.54) is 12.7 Å². The third-order valence-electron chi connectivity index (χ3n) is 4.70. The molecule has 2 unspecified atom stereocenters. The molecule has 126 valence electrons. The van der Waals surface area contributed by atoms with Crippen LogP contribution in [0.4, 0.5) is 0 Å². The second-order valence-electron chi connectivity index (χ2n) is 5.98. The highest BCUT2D eigenvalue weighted by molar-refractivity contribution is 6.42. The molecular weight excluding hydrogens is 345 g/mol. The fourth-order valence-corrected chi connectivity index (χ4v) is 3.76. The van der Waals surface area contributed by atoms with Crippen LogP contribution in [0.1, 0.15) is 51.8 Å². The summed E-state index contributed by atoms with van der Waals surface area (Å²) < 4.78 is 4.86. The van der Waals surface area contributed by atoms with Crippen molar-refractivity contribution >= 4 is 29.2 Å². The maximum absolute atomic E-state index is 11.9. The lowest BCUT2D eigenvalue weighted by Gasteiger charge is -2.32. The van der Waals surface area contributed by atoms with Gasteiger partial charge in [-0.1, -0.05) is 35.3 Å². The summed E-state index contributed by atoms with van der Waals surface area (Å²) in [5.74, 6) is -0.138. The highest BCUT2D eigenvalue weighted by Gasteiger charge is 2.28. The van der Waals surface area contributed by atoms with Crippen molar-refractivity contribution in [2.75, 3.05) is 14.2 Å². The Bertz CT molecular complexity index is 776. The van der Waals surface area contributed by atoms with Gasteiger partial charge in [0, 0.05) is 12.0 Å². The molecular formula is C19H19Cl2NO2. The fraction of sp³-hybridized carbons (Fsp3) is 0.316. The van der Waals surface area contributed by atoms with E-state index in [9.17, 15) is 4.79 Å². The van der Waals surface area contributed by atoms with Crippen molar-refractivity contribution in [3.63, 3.8) is 0 Å². The Balaban J connectivity index is 2.10. The van der Waals surface area contributed by atoms with Gasteiger partial charge < -0.3 is 10.1 Å². The Labute approximate surface area is 151 Å². The van der Waals surface area contributed by atoms with E-state index >= 15 is 0 Å². The highest BCUT2D eigenvalue weighted by Crippen LogP contribution is 2.42. The van der Waals surface area contributed by atoms with Crippen molar-refractivity contribution < 1.29 is 9.53 Å². The number of hydrogen-bond acceptors (Lipinski definition) is 3. The van der Waals surface area contributed by atoms with E-state index in [2.05, 4.69) is 5.32 Å². The largest absolute Gasteiger partial charge is 0.465 e. The molecule has 3 rings (SSSR count). The number of hydrogen-bond donors (Lipinski definition) is 1. The summed E-state index contributed by atoms with van der Waals surface area (Å²) in [7, 11) is 3.36. The van der Waals surface area contributed by atoms with Crippen molar-refractivity contribution in [3.8, 4) is 0 Å². The van der Waals surface area contributed by atoms with Crippen molar-refractivity contribution in [2.45, 2.75) is 24.8 Å². The van der Waals surface area contributed by atoms with Crippen LogP contribution in [-0.4, -0.2) is 20.1 Å². The zero-order valence-electron chi connectivity index (χ0n) is 13.6. The average Bonchev–Trinajstić information content (AvgIpc) is 2.62. The Morgan fingerprint density at radius 3 is 2.54 bits per heavy atom. The first kappa shape index (κ1) is 17.3. The second-order valence-corrected chi connectivity index (χ2v) is 6.79. The molecule has 0 heterocycles. The molecule has 1 aliphatic rings. The molecule has 1 aliphatic carbocycles. The molecule has 0 spiro atoms. The maximum Gasteiger partial charge on any atom is 0.337 e. The molecule has 3 nitrogen and oxygen atoms in total. The summed E-state index contributed by atoms with van der Waals surface area (Å²) in [4.78, 5) is 11.9. The van der Waals surface area contributed by atoms with Gasteiger partial charge in [-0.2, -0.15) is 0 Å². The van der Waals surface area contributed by atoms with Crippen LogP contribution in [0, 0.1) is 0 Å². The Morgan fingerprint density at radius 1 is 1.08 bits per heavy atom. The van der Waals surface area contributed by atoms with Crippen LogP contribution in [0.3, 0.4) is 0 Å². The van der Waals surface area contributed by atoms with Crippen LogP contribution in [0.5, 0.6) is 0 Å². The first-order chi connectivity index (χ1) is 11.5. The van der Waals surface area contributed by atoms with E-state index in [1.807, 2.05) is 43.4 Å². The first-order valence-electron chi connectivity index (χ1n) is 7.89. The van der Waals surface area contributed by atoms with Gasteiger partial charge in [-0.3, -0.25) is 0 Å². The Morgan fingerprint density at radius 2 is 1.88 bits per heavy atom. The fourth-order valence-electron chi connectivity index (χ4n) is 3.46. The number of carbonyl (C=O) groups excluding carboxylic acids is 1. The standard InChI is InChI=1S/C19H19Cl2NO2/c1-22-18-8-6-13(11-4-7-16(20)17(21)10-11)15-9-12(19(23)24-2)3-5-14(15)18/h3-5,7,9-10,13,18,22H,6,8H2,1-2H3. The molecule has 0 saturated heterocycles. The molecule has 2 aromatic rings. The van der Waals surface area contributed by atoms with Gasteiger partial charge in [-0.25, -0.2) is 4.79 Å². The number of nitrogens with one attached hydrogen (secondary N) is 1. The average molecular weight is 364 g/mol.